The molecule has 7 heteroatoms. The van der Waals surface area contributed by atoms with Crippen LogP contribution in [-0.4, -0.2) is 63.9 Å². The molecule has 1 aliphatic carbocycles. The molecule has 152 valence electrons. The first-order valence-corrected chi connectivity index (χ1v) is 9.72. The van der Waals surface area contributed by atoms with Crippen LogP contribution in [0.2, 0.25) is 0 Å². The highest BCUT2D eigenvalue weighted by Gasteiger charge is 2.34. The maximum Gasteiger partial charge on any atom is 0.195 e. The summed E-state index contributed by atoms with van der Waals surface area (Å²) in [5, 5.41) is 6.84. The SMILES string of the molecule is CN=C(NCC1CCN(C2CC2)C1)Nc1cccc(OCCCOC)c1.I. The first kappa shape index (κ1) is 22.2. The highest BCUT2D eigenvalue weighted by Crippen LogP contribution is 2.31. The maximum atomic E-state index is 5.76. The summed E-state index contributed by atoms with van der Waals surface area (Å²) < 4.78 is 10.8. The van der Waals surface area contributed by atoms with E-state index >= 15 is 0 Å². The molecule has 0 radical (unpaired) electrons. The second-order valence-corrected chi connectivity index (χ2v) is 7.18. The van der Waals surface area contributed by atoms with Gasteiger partial charge in [-0.25, -0.2) is 0 Å². The van der Waals surface area contributed by atoms with E-state index in [1.54, 1.807) is 7.11 Å². The Morgan fingerprint density at radius 1 is 1.26 bits per heavy atom. The number of ether oxygens (including phenoxy) is 2. The lowest BCUT2D eigenvalue weighted by Gasteiger charge is -2.17. The predicted molar refractivity (Wildman–Crippen MR) is 122 cm³/mol. The van der Waals surface area contributed by atoms with Crippen molar-refractivity contribution in [3.63, 3.8) is 0 Å². The zero-order chi connectivity index (χ0) is 18.2. The van der Waals surface area contributed by atoms with Gasteiger partial charge in [-0.2, -0.15) is 0 Å². The summed E-state index contributed by atoms with van der Waals surface area (Å²) in [4.78, 5) is 7.00. The fraction of sp³-hybridized carbons (Fsp3) is 0.650. The van der Waals surface area contributed by atoms with Crippen LogP contribution < -0.4 is 15.4 Å². The summed E-state index contributed by atoms with van der Waals surface area (Å²) in [5.74, 6) is 2.38. The number of likely N-dealkylation sites (tertiary alicyclic amines) is 1. The first-order chi connectivity index (χ1) is 12.8. The van der Waals surface area contributed by atoms with E-state index in [4.69, 9.17) is 9.47 Å². The van der Waals surface area contributed by atoms with Gasteiger partial charge in [0.2, 0.25) is 0 Å². The van der Waals surface area contributed by atoms with Gasteiger partial charge in [0, 0.05) is 58.1 Å². The molecule has 1 aliphatic heterocycles. The number of anilines is 1. The van der Waals surface area contributed by atoms with Crippen molar-refractivity contribution in [2.45, 2.75) is 31.7 Å². The summed E-state index contributed by atoms with van der Waals surface area (Å²) >= 11 is 0. The van der Waals surface area contributed by atoms with Gasteiger partial charge < -0.3 is 25.0 Å². The van der Waals surface area contributed by atoms with Gasteiger partial charge in [0.05, 0.1) is 6.61 Å². The van der Waals surface area contributed by atoms with Gasteiger partial charge >= 0.3 is 0 Å². The highest BCUT2D eigenvalue weighted by atomic mass is 127. The monoisotopic (exact) mass is 488 g/mol. The van der Waals surface area contributed by atoms with Crippen molar-refractivity contribution in [3.05, 3.63) is 24.3 Å². The molecule has 2 aliphatic rings. The quantitative estimate of drug-likeness (QED) is 0.242. The second kappa shape index (κ2) is 11.7. The molecule has 2 fully saturated rings. The summed E-state index contributed by atoms with van der Waals surface area (Å²) in [6.45, 7) is 4.82. The van der Waals surface area contributed by atoms with E-state index in [0.29, 0.717) is 19.1 Å². The number of benzene rings is 1. The van der Waals surface area contributed by atoms with E-state index in [9.17, 15) is 0 Å². The number of methoxy groups -OCH3 is 1. The number of aliphatic imine (C=N–C) groups is 1. The number of rotatable bonds is 9. The number of hydrogen-bond donors (Lipinski definition) is 2. The summed E-state index contributed by atoms with van der Waals surface area (Å²) in [6.07, 6.45) is 4.96. The van der Waals surface area contributed by atoms with Crippen LogP contribution in [0.15, 0.2) is 29.3 Å². The number of halogens is 1. The Morgan fingerprint density at radius 2 is 2.11 bits per heavy atom. The zero-order valence-electron chi connectivity index (χ0n) is 16.4. The van der Waals surface area contributed by atoms with Gasteiger partial charge in [0.1, 0.15) is 5.75 Å². The Bertz CT molecular complexity index is 595. The molecular formula is C20H33IN4O2. The van der Waals surface area contributed by atoms with Crippen molar-refractivity contribution in [2.75, 3.05) is 52.3 Å². The Morgan fingerprint density at radius 3 is 2.85 bits per heavy atom. The van der Waals surface area contributed by atoms with Crippen LogP contribution in [0.1, 0.15) is 25.7 Å². The molecule has 0 spiro atoms. The molecule has 2 N–H and O–H groups in total. The molecule has 1 saturated carbocycles. The Balaban J connectivity index is 0.00000261. The van der Waals surface area contributed by atoms with E-state index in [2.05, 4.69) is 20.5 Å². The highest BCUT2D eigenvalue weighted by molar-refractivity contribution is 14.0. The third kappa shape index (κ3) is 7.46. The third-order valence-corrected chi connectivity index (χ3v) is 5.02. The Kier molecular flexibility index (Phi) is 9.64. The van der Waals surface area contributed by atoms with Gasteiger partial charge in [-0.1, -0.05) is 6.07 Å². The largest absolute Gasteiger partial charge is 0.493 e. The molecule has 0 aromatic heterocycles. The maximum absolute atomic E-state index is 5.76. The van der Waals surface area contributed by atoms with Crippen LogP contribution in [0.4, 0.5) is 5.69 Å². The minimum atomic E-state index is 0. The number of hydrogen-bond acceptors (Lipinski definition) is 4. The number of guanidine groups is 1. The number of nitrogens with one attached hydrogen (secondary N) is 2. The van der Waals surface area contributed by atoms with E-state index in [1.165, 1.54) is 32.4 Å². The van der Waals surface area contributed by atoms with Crippen LogP contribution in [0.5, 0.6) is 5.75 Å². The molecule has 3 rings (SSSR count). The summed E-state index contributed by atoms with van der Waals surface area (Å²) in [5.41, 5.74) is 0.980. The predicted octanol–water partition coefficient (Wildman–Crippen LogP) is 3.19. The fourth-order valence-electron chi connectivity index (χ4n) is 3.41. The molecule has 1 atom stereocenters. The van der Waals surface area contributed by atoms with Crippen LogP contribution >= 0.6 is 24.0 Å². The molecule has 1 aromatic carbocycles. The molecule has 6 nitrogen and oxygen atoms in total. The van der Waals surface area contributed by atoms with Crippen molar-refractivity contribution in [2.24, 2.45) is 10.9 Å². The van der Waals surface area contributed by atoms with Crippen molar-refractivity contribution < 1.29 is 9.47 Å². The molecule has 27 heavy (non-hydrogen) atoms. The smallest absolute Gasteiger partial charge is 0.195 e. The lowest BCUT2D eigenvalue weighted by Crippen LogP contribution is -2.35. The van der Waals surface area contributed by atoms with E-state index in [1.807, 2.05) is 31.3 Å². The lowest BCUT2D eigenvalue weighted by molar-refractivity contribution is 0.172. The Hall–Kier alpha value is -1.06. The van der Waals surface area contributed by atoms with Gasteiger partial charge in [-0.15, -0.1) is 24.0 Å². The molecule has 0 bridgehead atoms. The van der Waals surface area contributed by atoms with Gasteiger partial charge in [0.25, 0.3) is 0 Å². The molecule has 1 aromatic rings. The summed E-state index contributed by atoms with van der Waals surface area (Å²) in [7, 11) is 3.52. The van der Waals surface area contributed by atoms with Crippen molar-refractivity contribution in [1.29, 1.82) is 0 Å². The van der Waals surface area contributed by atoms with Gasteiger partial charge in [-0.3, -0.25) is 4.99 Å². The van der Waals surface area contributed by atoms with Crippen LogP contribution in [-0.2, 0) is 4.74 Å². The molecular weight excluding hydrogens is 455 g/mol. The molecule has 0 amide bonds. The minimum Gasteiger partial charge on any atom is -0.493 e. The minimum absolute atomic E-state index is 0. The average Bonchev–Trinajstić information content (AvgIpc) is 3.41. The van der Waals surface area contributed by atoms with Crippen LogP contribution in [0.25, 0.3) is 0 Å². The zero-order valence-corrected chi connectivity index (χ0v) is 18.8. The topological polar surface area (TPSA) is 58.1 Å². The molecule has 1 heterocycles. The van der Waals surface area contributed by atoms with Crippen molar-refractivity contribution in [3.8, 4) is 5.75 Å². The third-order valence-electron chi connectivity index (χ3n) is 5.02. The fourth-order valence-corrected chi connectivity index (χ4v) is 3.41. The summed E-state index contributed by atoms with van der Waals surface area (Å²) in [6, 6.07) is 8.87. The van der Waals surface area contributed by atoms with E-state index in [-0.39, 0.29) is 24.0 Å². The van der Waals surface area contributed by atoms with Crippen LogP contribution in [0.3, 0.4) is 0 Å². The van der Waals surface area contributed by atoms with Gasteiger partial charge in [-0.05, 0) is 43.9 Å². The second-order valence-electron chi connectivity index (χ2n) is 7.18. The van der Waals surface area contributed by atoms with Crippen LogP contribution in [0, 0.1) is 5.92 Å². The average molecular weight is 488 g/mol. The van der Waals surface area contributed by atoms with Crippen molar-refractivity contribution >= 4 is 35.6 Å². The van der Waals surface area contributed by atoms with E-state index in [0.717, 1.165) is 36.4 Å². The van der Waals surface area contributed by atoms with Crippen molar-refractivity contribution in [1.82, 2.24) is 10.2 Å². The molecule has 1 saturated heterocycles. The standard InChI is InChI=1S/C20H32N4O2.HI/c1-21-20(22-14-16-9-10-24(15-16)18-7-8-18)23-17-5-3-6-19(13-17)26-12-4-11-25-2;/h3,5-6,13,16,18H,4,7-12,14-15H2,1-2H3,(H2,21,22,23);1H. The normalized spacial score (nSPS) is 20.2. The first-order valence-electron chi connectivity index (χ1n) is 9.72. The molecule has 1 unspecified atom stereocenters. The van der Waals surface area contributed by atoms with Gasteiger partial charge in [0.15, 0.2) is 5.96 Å². The Labute approximate surface area is 180 Å². The number of nitrogens with zero attached hydrogens (tertiary/aromatic N) is 2. The lowest BCUT2D eigenvalue weighted by atomic mass is 10.1. The van der Waals surface area contributed by atoms with E-state index < -0.39 is 0 Å².